The number of hydrogen-bond donors (Lipinski definition) is 0. The number of hydrogen-bond acceptors (Lipinski definition) is 5. The Bertz CT molecular complexity index is 762. The molecule has 0 amide bonds. The van der Waals surface area contributed by atoms with Crippen molar-refractivity contribution in [3.05, 3.63) is 47.5 Å². The molecule has 0 radical (unpaired) electrons. The van der Waals surface area contributed by atoms with Crippen molar-refractivity contribution in [3.8, 4) is 11.8 Å². The number of ether oxygens (including phenoxy) is 2. The summed E-state index contributed by atoms with van der Waals surface area (Å²) in [5, 5.41) is 8.61. The first-order valence-electron chi connectivity index (χ1n) is 13.0. The zero-order valence-electron chi connectivity index (χ0n) is 20.7. The van der Waals surface area contributed by atoms with Crippen LogP contribution in [0.1, 0.15) is 108 Å². The van der Waals surface area contributed by atoms with Crippen LogP contribution in [0.5, 0.6) is 11.8 Å². The number of thiocarbonyl (C=S) groups is 1. The molecule has 0 aliphatic rings. The number of nitrogens with zero attached hydrogens (tertiary/aromatic N) is 2. The molecule has 0 spiro atoms. The molecule has 4 nitrogen and oxygen atoms in total. The van der Waals surface area contributed by atoms with Crippen molar-refractivity contribution in [1.82, 2.24) is 10.2 Å². The average Bonchev–Trinajstić information content (AvgIpc) is 2.84. The summed E-state index contributed by atoms with van der Waals surface area (Å²) in [6.45, 7) is 5.17. The monoisotopic (exact) mass is 470 g/mol. The van der Waals surface area contributed by atoms with Gasteiger partial charge in [-0.25, -0.2) is 0 Å². The van der Waals surface area contributed by atoms with E-state index in [1.165, 1.54) is 82.6 Å². The Morgan fingerprint density at radius 1 is 0.667 bits per heavy atom. The van der Waals surface area contributed by atoms with Crippen molar-refractivity contribution >= 4 is 17.3 Å². The summed E-state index contributed by atoms with van der Waals surface area (Å²) < 4.78 is 11.4. The molecule has 0 saturated carbocycles. The van der Waals surface area contributed by atoms with Gasteiger partial charge in [0.05, 0.1) is 6.61 Å². The van der Waals surface area contributed by atoms with Crippen molar-refractivity contribution < 1.29 is 9.47 Å². The molecule has 0 saturated heterocycles. The SMILES string of the molecule is CCCCCCCCCOc1ccc(OC(=S)c2ccc(CCCCCCCC)cc2)nn1. The molecule has 0 atom stereocenters. The molecule has 0 N–H and O–H groups in total. The van der Waals surface area contributed by atoms with Crippen LogP contribution in [0.3, 0.4) is 0 Å². The van der Waals surface area contributed by atoms with Crippen LogP contribution in [0.4, 0.5) is 0 Å². The second kappa shape index (κ2) is 17.5. The van der Waals surface area contributed by atoms with Gasteiger partial charge < -0.3 is 9.47 Å². The Hall–Kier alpha value is -2.01. The molecule has 0 fully saturated rings. The fourth-order valence-corrected chi connectivity index (χ4v) is 3.97. The number of rotatable bonds is 18. The molecule has 5 heteroatoms. The smallest absolute Gasteiger partial charge is 0.240 e. The molecule has 1 heterocycles. The molecule has 2 rings (SSSR count). The summed E-state index contributed by atoms with van der Waals surface area (Å²) >= 11 is 5.44. The molecule has 0 aliphatic heterocycles. The number of aromatic nitrogens is 2. The van der Waals surface area contributed by atoms with Gasteiger partial charge in [-0.05, 0) is 37.0 Å². The predicted molar refractivity (Wildman–Crippen MR) is 141 cm³/mol. The minimum atomic E-state index is 0.388. The molecule has 1 aromatic heterocycles. The zero-order chi connectivity index (χ0) is 23.6. The standard InChI is InChI=1S/C28H42N2O2S/c1-3-5-7-9-11-13-15-23-31-26-21-22-27(30-29-26)32-28(33)25-19-17-24(18-20-25)16-14-12-10-8-6-4-2/h17-22H,3-16,23H2,1-2H3. The number of benzene rings is 1. The molecular weight excluding hydrogens is 428 g/mol. The van der Waals surface area contributed by atoms with Gasteiger partial charge in [-0.1, -0.05) is 109 Å². The highest BCUT2D eigenvalue weighted by atomic mass is 32.1. The van der Waals surface area contributed by atoms with Crippen LogP contribution in [0.15, 0.2) is 36.4 Å². The van der Waals surface area contributed by atoms with Gasteiger partial charge in [0.25, 0.3) is 0 Å². The van der Waals surface area contributed by atoms with Crippen LogP contribution in [-0.4, -0.2) is 21.9 Å². The number of unbranched alkanes of at least 4 members (excludes halogenated alkanes) is 11. The predicted octanol–water partition coefficient (Wildman–Crippen LogP) is 8.26. The van der Waals surface area contributed by atoms with Gasteiger partial charge >= 0.3 is 0 Å². The lowest BCUT2D eigenvalue weighted by Crippen LogP contribution is -2.09. The van der Waals surface area contributed by atoms with Gasteiger partial charge in [-0.2, -0.15) is 0 Å². The number of aryl methyl sites for hydroxylation is 1. The Morgan fingerprint density at radius 3 is 1.82 bits per heavy atom. The summed E-state index contributed by atoms with van der Waals surface area (Å²) in [7, 11) is 0. The third-order valence-electron chi connectivity index (χ3n) is 5.82. The second-order valence-electron chi connectivity index (χ2n) is 8.78. The van der Waals surface area contributed by atoms with Crippen molar-refractivity contribution in [2.24, 2.45) is 0 Å². The van der Waals surface area contributed by atoms with E-state index < -0.39 is 0 Å². The maximum absolute atomic E-state index is 5.72. The third-order valence-corrected chi connectivity index (χ3v) is 6.14. The van der Waals surface area contributed by atoms with E-state index >= 15 is 0 Å². The summed E-state index contributed by atoms with van der Waals surface area (Å²) in [5.41, 5.74) is 2.23. The van der Waals surface area contributed by atoms with Gasteiger partial charge in [-0.3, -0.25) is 0 Å². The maximum Gasteiger partial charge on any atom is 0.240 e. The van der Waals surface area contributed by atoms with E-state index in [2.05, 4.69) is 36.2 Å². The van der Waals surface area contributed by atoms with Gasteiger partial charge in [0, 0.05) is 17.7 Å². The van der Waals surface area contributed by atoms with E-state index in [1.54, 1.807) is 12.1 Å². The normalized spacial score (nSPS) is 10.8. The minimum absolute atomic E-state index is 0.388. The molecule has 0 aliphatic carbocycles. The molecule has 0 bridgehead atoms. The summed E-state index contributed by atoms with van der Waals surface area (Å²) in [5.74, 6) is 0.915. The van der Waals surface area contributed by atoms with Crippen molar-refractivity contribution in [2.45, 2.75) is 104 Å². The largest absolute Gasteiger partial charge is 0.477 e. The topological polar surface area (TPSA) is 44.2 Å². The van der Waals surface area contributed by atoms with E-state index in [-0.39, 0.29) is 0 Å². The fraction of sp³-hybridized carbons (Fsp3) is 0.607. The van der Waals surface area contributed by atoms with Gasteiger partial charge in [0.1, 0.15) is 0 Å². The Morgan fingerprint density at radius 2 is 1.21 bits per heavy atom. The molecule has 2 aromatic rings. The third kappa shape index (κ3) is 12.1. The Kier molecular flexibility index (Phi) is 14.4. The lowest BCUT2D eigenvalue weighted by Gasteiger charge is -2.08. The highest BCUT2D eigenvalue weighted by Gasteiger charge is 2.07. The van der Waals surface area contributed by atoms with E-state index in [4.69, 9.17) is 21.7 Å². The quantitative estimate of drug-likeness (QED) is 0.162. The Labute approximate surface area is 206 Å². The van der Waals surface area contributed by atoms with Crippen LogP contribution in [0.25, 0.3) is 0 Å². The van der Waals surface area contributed by atoms with Crippen LogP contribution < -0.4 is 9.47 Å². The van der Waals surface area contributed by atoms with E-state index in [0.717, 1.165) is 18.4 Å². The summed E-state index contributed by atoms with van der Waals surface area (Å²) in [4.78, 5) is 0. The summed E-state index contributed by atoms with van der Waals surface area (Å²) in [6.07, 6.45) is 17.8. The molecular formula is C28H42N2O2S. The molecule has 33 heavy (non-hydrogen) atoms. The summed E-state index contributed by atoms with van der Waals surface area (Å²) in [6, 6.07) is 11.9. The first-order chi connectivity index (χ1) is 16.2. The van der Waals surface area contributed by atoms with E-state index in [9.17, 15) is 0 Å². The van der Waals surface area contributed by atoms with Crippen LogP contribution in [-0.2, 0) is 6.42 Å². The highest BCUT2D eigenvalue weighted by molar-refractivity contribution is 7.80. The van der Waals surface area contributed by atoms with E-state index in [0.29, 0.717) is 23.4 Å². The average molecular weight is 471 g/mol. The molecule has 182 valence electrons. The molecule has 1 aromatic carbocycles. The van der Waals surface area contributed by atoms with Crippen LogP contribution in [0, 0.1) is 0 Å². The zero-order valence-corrected chi connectivity index (χ0v) is 21.5. The minimum Gasteiger partial charge on any atom is -0.477 e. The van der Waals surface area contributed by atoms with Crippen LogP contribution >= 0.6 is 12.2 Å². The maximum atomic E-state index is 5.72. The first kappa shape index (κ1) is 27.2. The van der Waals surface area contributed by atoms with E-state index in [1.807, 2.05) is 12.1 Å². The van der Waals surface area contributed by atoms with Gasteiger partial charge in [0.15, 0.2) is 5.05 Å². The van der Waals surface area contributed by atoms with Crippen molar-refractivity contribution in [1.29, 1.82) is 0 Å². The highest BCUT2D eigenvalue weighted by Crippen LogP contribution is 2.16. The van der Waals surface area contributed by atoms with Crippen LogP contribution in [0.2, 0.25) is 0 Å². The molecule has 0 unspecified atom stereocenters. The van der Waals surface area contributed by atoms with Gasteiger partial charge in [-0.15, -0.1) is 10.2 Å². The van der Waals surface area contributed by atoms with Crippen molar-refractivity contribution in [2.75, 3.05) is 6.61 Å². The fourth-order valence-electron chi connectivity index (χ4n) is 3.75. The first-order valence-corrected chi connectivity index (χ1v) is 13.4. The lowest BCUT2D eigenvalue weighted by molar-refractivity contribution is 0.288. The lowest BCUT2D eigenvalue weighted by atomic mass is 10.0. The second-order valence-corrected chi connectivity index (χ2v) is 9.15. The van der Waals surface area contributed by atoms with Crippen molar-refractivity contribution in [3.63, 3.8) is 0 Å². The van der Waals surface area contributed by atoms with Gasteiger partial charge in [0.2, 0.25) is 11.8 Å². The Balaban J connectivity index is 1.65.